The Hall–Kier alpha value is -1.79. The molecule has 1 amide bonds. The van der Waals surface area contributed by atoms with Gasteiger partial charge in [-0.3, -0.25) is 9.69 Å². The maximum absolute atomic E-state index is 12.3. The SMILES string of the molecule is O=C(CCN1CCN(Cc2ccc3c(c2)OCO3)CC1)N1CCCCC1. The van der Waals surface area contributed by atoms with Crippen molar-refractivity contribution < 1.29 is 14.3 Å². The fourth-order valence-electron chi connectivity index (χ4n) is 4.02. The van der Waals surface area contributed by atoms with Gasteiger partial charge in [-0.2, -0.15) is 0 Å². The quantitative estimate of drug-likeness (QED) is 0.804. The fourth-order valence-corrected chi connectivity index (χ4v) is 4.02. The van der Waals surface area contributed by atoms with Gasteiger partial charge in [-0.25, -0.2) is 0 Å². The van der Waals surface area contributed by atoms with E-state index in [1.165, 1.54) is 24.8 Å². The third-order valence-corrected chi connectivity index (χ3v) is 5.66. The highest BCUT2D eigenvalue weighted by Crippen LogP contribution is 2.32. The Morgan fingerprint density at radius 1 is 0.885 bits per heavy atom. The van der Waals surface area contributed by atoms with E-state index in [0.717, 1.165) is 63.9 Å². The molecule has 3 heterocycles. The third kappa shape index (κ3) is 4.30. The first-order valence-electron chi connectivity index (χ1n) is 9.89. The molecule has 4 rings (SSSR count). The first-order valence-corrected chi connectivity index (χ1v) is 9.89. The zero-order valence-corrected chi connectivity index (χ0v) is 15.5. The van der Waals surface area contributed by atoms with E-state index in [0.29, 0.717) is 19.1 Å². The monoisotopic (exact) mass is 359 g/mol. The van der Waals surface area contributed by atoms with Crippen LogP contribution in [-0.4, -0.2) is 73.2 Å². The topological polar surface area (TPSA) is 45.3 Å². The number of hydrogen-bond acceptors (Lipinski definition) is 5. The van der Waals surface area contributed by atoms with Crippen LogP contribution in [0.15, 0.2) is 18.2 Å². The number of carbonyl (C=O) groups excluding carboxylic acids is 1. The molecule has 0 radical (unpaired) electrons. The van der Waals surface area contributed by atoms with Gasteiger partial charge in [0.25, 0.3) is 0 Å². The average molecular weight is 359 g/mol. The number of carbonyl (C=O) groups is 1. The molecule has 142 valence electrons. The van der Waals surface area contributed by atoms with Crippen molar-refractivity contribution in [1.29, 1.82) is 0 Å². The average Bonchev–Trinajstić information content (AvgIpc) is 3.16. The Balaban J connectivity index is 1.18. The van der Waals surface area contributed by atoms with Crippen molar-refractivity contribution in [2.75, 3.05) is 52.6 Å². The van der Waals surface area contributed by atoms with Gasteiger partial charge < -0.3 is 19.3 Å². The molecule has 6 nitrogen and oxygen atoms in total. The number of likely N-dealkylation sites (tertiary alicyclic amines) is 1. The zero-order chi connectivity index (χ0) is 17.8. The van der Waals surface area contributed by atoms with E-state index in [-0.39, 0.29) is 0 Å². The van der Waals surface area contributed by atoms with Crippen molar-refractivity contribution in [3.05, 3.63) is 23.8 Å². The Morgan fingerprint density at radius 3 is 2.42 bits per heavy atom. The van der Waals surface area contributed by atoms with Crippen molar-refractivity contribution in [3.8, 4) is 11.5 Å². The zero-order valence-electron chi connectivity index (χ0n) is 15.5. The van der Waals surface area contributed by atoms with Crippen LogP contribution < -0.4 is 9.47 Å². The van der Waals surface area contributed by atoms with E-state index < -0.39 is 0 Å². The summed E-state index contributed by atoms with van der Waals surface area (Å²) in [5, 5.41) is 0. The lowest BCUT2D eigenvalue weighted by molar-refractivity contribution is -0.132. The number of hydrogen-bond donors (Lipinski definition) is 0. The maximum atomic E-state index is 12.3. The largest absolute Gasteiger partial charge is 0.454 e. The molecule has 0 aromatic heterocycles. The lowest BCUT2D eigenvalue weighted by atomic mass is 10.1. The number of rotatable bonds is 5. The van der Waals surface area contributed by atoms with Gasteiger partial charge >= 0.3 is 0 Å². The van der Waals surface area contributed by atoms with Gasteiger partial charge in [-0.15, -0.1) is 0 Å². The highest BCUT2D eigenvalue weighted by atomic mass is 16.7. The van der Waals surface area contributed by atoms with Crippen molar-refractivity contribution >= 4 is 5.91 Å². The summed E-state index contributed by atoms with van der Waals surface area (Å²) in [5.41, 5.74) is 1.27. The molecular weight excluding hydrogens is 330 g/mol. The van der Waals surface area contributed by atoms with Gasteiger partial charge in [0.05, 0.1) is 0 Å². The summed E-state index contributed by atoms with van der Waals surface area (Å²) in [6, 6.07) is 6.21. The summed E-state index contributed by atoms with van der Waals surface area (Å²) < 4.78 is 10.8. The summed E-state index contributed by atoms with van der Waals surface area (Å²) in [4.78, 5) is 19.3. The molecule has 0 aliphatic carbocycles. The summed E-state index contributed by atoms with van der Waals surface area (Å²) >= 11 is 0. The van der Waals surface area contributed by atoms with Gasteiger partial charge in [0.2, 0.25) is 12.7 Å². The number of benzene rings is 1. The number of ether oxygens (including phenoxy) is 2. The molecule has 0 N–H and O–H groups in total. The van der Waals surface area contributed by atoms with Gasteiger partial charge in [-0.05, 0) is 37.0 Å². The summed E-state index contributed by atoms with van der Waals surface area (Å²) in [5.74, 6) is 2.04. The summed E-state index contributed by atoms with van der Waals surface area (Å²) in [6.45, 7) is 8.26. The Bertz CT molecular complexity index is 623. The molecule has 3 aliphatic rings. The Kier molecular flexibility index (Phi) is 5.60. The first-order chi connectivity index (χ1) is 12.8. The van der Waals surface area contributed by atoms with E-state index >= 15 is 0 Å². The maximum Gasteiger partial charge on any atom is 0.231 e. The predicted octanol–water partition coefficient (Wildman–Crippen LogP) is 1.94. The molecule has 0 saturated carbocycles. The highest BCUT2D eigenvalue weighted by molar-refractivity contribution is 5.76. The molecular formula is C20H29N3O3. The number of fused-ring (bicyclic) bond motifs is 1. The Morgan fingerprint density at radius 2 is 1.62 bits per heavy atom. The molecule has 2 saturated heterocycles. The first kappa shape index (κ1) is 17.6. The molecule has 0 atom stereocenters. The van der Waals surface area contributed by atoms with Gasteiger partial charge in [0.1, 0.15) is 0 Å². The van der Waals surface area contributed by atoms with Gasteiger partial charge in [0.15, 0.2) is 11.5 Å². The second kappa shape index (κ2) is 8.27. The van der Waals surface area contributed by atoms with E-state index in [2.05, 4.69) is 26.8 Å². The van der Waals surface area contributed by atoms with Crippen LogP contribution in [0.2, 0.25) is 0 Å². The van der Waals surface area contributed by atoms with Crippen molar-refractivity contribution in [1.82, 2.24) is 14.7 Å². The van der Waals surface area contributed by atoms with Crippen LogP contribution in [0.4, 0.5) is 0 Å². The molecule has 1 aromatic carbocycles. The lowest BCUT2D eigenvalue weighted by Crippen LogP contribution is -2.47. The van der Waals surface area contributed by atoms with Crippen LogP contribution in [0, 0.1) is 0 Å². The second-order valence-corrected chi connectivity index (χ2v) is 7.50. The van der Waals surface area contributed by atoms with E-state index in [4.69, 9.17) is 9.47 Å². The summed E-state index contributed by atoms with van der Waals surface area (Å²) in [6.07, 6.45) is 4.28. The van der Waals surface area contributed by atoms with Crippen LogP contribution in [0.25, 0.3) is 0 Å². The molecule has 26 heavy (non-hydrogen) atoms. The molecule has 0 bridgehead atoms. The number of nitrogens with zero attached hydrogens (tertiary/aromatic N) is 3. The van der Waals surface area contributed by atoms with Crippen LogP contribution in [-0.2, 0) is 11.3 Å². The lowest BCUT2D eigenvalue weighted by Gasteiger charge is -2.35. The highest BCUT2D eigenvalue weighted by Gasteiger charge is 2.21. The van der Waals surface area contributed by atoms with Crippen LogP contribution in [0.3, 0.4) is 0 Å². The number of piperazine rings is 1. The molecule has 6 heteroatoms. The predicted molar refractivity (Wildman–Crippen MR) is 99.3 cm³/mol. The Labute approximate surface area is 155 Å². The van der Waals surface area contributed by atoms with E-state index in [1.54, 1.807) is 0 Å². The number of amides is 1. The molecule has 3 aliphatic heterocycles. The molecule has 2 fully saturated rings. The minimum absolute atomic E-state index is 0.327. The van der Waals surface area contributed by atoms with E-state index in [9.17, 15) is 4.79 Å². The minimum atomic E-state index is 0.327. The van der Waals surface area contributed by atoms with Crippen molar-refractivity contribution in [2.24, 2.45) is 0 Å². The van der Waals surface area contributed by atoms with Crippen LogP contribution >= 0.6 is 0 Å². The minimum Gasteiger partial charge on any atom is -0.454 e. The molecule has 1 aromatic rings. The van der Waals surface area contributed by atoms with Gasteiger partial charge in [0, 0.05) is 58.8 Å². The third-order valence-electron chi connectivity index (χ3n) is 5.66. The van der Waals surface area contributed by atoms with Crippen LogP contribution in [0.5, 0.6) is 11.5 Å². The van der Waals surface area contributed by atoms with Crippen molar-refractivity contribution in [2.45, 2.75) is 32.2 Å². The van der Waals surface area contributed by atoms with E-state index in [1.807, 2.05) is 6.07 Å². The molecule has 0 unspecified atom stereocenters. The fraction of sp³-hybridized carbons (Fsp3) is 0.650. The smallest absolute Gasteiger partial charge is 0.231 e. The standard InChI is InChI=1S/C20H29N3O3/c24-20(23-7-2-1-3-8-23)6-9-21-10-12-22(13-11-21)15-17-4-5-18-19(14-17)26-16-25-18/h4-5,14H,1-3,6-13,15-16H2. The van der Waals surface area contributed by atoms with Crippen LogP contribution in [0.1, 0.15) is 31.2 Å². The van der Waals surface area contributed by atoms with Crippen molar-refractivity contribution in [3.63, 3.8) is 0 Å². The molecule has 0 spiro atoms. The van der Waals surface area contributed by atoms with Gasteiger partial charge in [-0.1, -0.05) is 6.07 Å². The normalized spacial score (nSPS) is 21.2. The summed E-state index contributed by atoms with van der Waals surface area (Å²) in [7, 11) is 0. The number of piperidine rings is 1. The second-order valence-electron chi connectivity index (χ2n) is 7.50.